The van der Waals surface area contributed by atoms with Crippen molar-refractivity contribution in [2.45, 2.75) is 45.7 Å². The molecule has 2 N–H and O–H groups in total. The molecule has 2 aliphatic heterocycles. The summed E-state index contributed by atoms with van der Waals surface area (Å²) in [5.74, 6) is -0.708. The van der Waals surface area contributed by atoms with Gasteiger partial charge >= 0.3 is 0 Å². The normalized spacial score (nSPS) is 16.6. The molecule has 8 heteroatoms. The predicted molar refractivity (Wildman–Crippen MR) is 130 cm³/mol. The molecule has 3 aromatic rings. The van der Waals surface area contributed by atoms with Gasteiger partial charge < -0.3 is 20.3 Å². The molecule has 0 radical (unpaired) electrons. The molecule has 0 saturated carbocycles. The van der Waals surface area contributed by atoms with E-state index in [4.69, 9.17) is 4.74 Å². The van der Waals surface area contributed by atoms with Crippen LogP contribution in [0.4, 0.5) is 26.1 Å². The van der Waals surface area contributed by atoms with E-state index in [1.54, 1.807) is 6.07 Å². The van der Waals surface area contributed by atoms with Gasteiger partial charge in [0.1, 0.15) is 12.3 Å². The minimum atomic E-state index is -0.617. The van der Waals surface area contributed by atoms with E-state index in [1.165, 1.54) is 17.2 Å². The molecule has 0 saturated heterocycles. The van der Waals surface area contributed by atoms with Crippen molar-refractivity contribution >= 4 is 17.3 Å². The highest BCUT2D eigenvalue weighted by Gasteiger charge is 2.28. The molecule has 2 aliphatic rings. The van der Waals surface area contributed by atoms with Gasteiger partial charge in [0.25, 0.3) is 0 Å². The molecule has 0 aliphatic carbocycles. The second kappa shape index (κ2) is 8.51. The lowest BCUT2D eigenvalue weighted by atomic mass is 9.79. The van der Waals surface area contributed by atoms with Crippen LogP contribution >= 0.6 is 0 Å². The van der Waals surface area contributed by atoms with Crippen molar-refractivity contribution in [3.63, 3.8) is 0 Å². The Morgan fingerprint density at radius 2 is 1.97 bits per heavy atom. The lowest BCUT2D eigenvalue weighted by molar-refractivity contribution is 0.287. The second-order valence-corrected chi connectivity index (χ2v) is 9.82. The maximum atomic E-state index is 14.9. The van der Waals surface area contributed by atoms with Crippen LogP contribution in [0.1, 0.15) is 38.8 Å². The molecule has 0 amide bonds. The number of hydrogen-bond donors (Lipinski definition) is 2. The van der Waals surface area contributed by atoms with Crippen LogP contribution in [0.2, 0.25) is 0 Å². The Morgan fingerprint density at radius 1 is 1.15 bits per heavy atom. The Morgan fingerprint density at radius 3 is 2.76 bits per heavy atom. The van der Waals surface area contributed by atoms with Gasteiger partial charge in [-0.05, 0) is 49.2 Å². The summed E-state index contributed by atoms with van der Waals surface area (Å²) < 4.78 is 35.3. The topological polar surface area (TPSA) is 62.3 Å². The number of rotatable bonds is 4. The van der Waals surface area contributed by atoms with Crippen LogP contribution in [0.5, 0.6) is 5.75 Å². The number of anilines is 3. The molecule has 0 unspecified atom stereocenters. The van der Waals surface area contributed by atoms with Crippen molar-refractivity contribution in [3.8, 4) is 17.0 Å². The Hall–Kier alpha value is -3.26. The molecule has 0 bridgehead atoms. The van der Waals surface area contributed by atoms with Crippen LogP contribution in [-0.2, 0) is 12.0 Å². The van der Waals surface area contributed by atoms with Gasteiger partial charge in [-0.15, -0.1) is 0 Å². The molecule has 0 fully saturated rings. The zero-order chi connectivity index (χ0) is 24.0. The van der Waals surface area contributed by atoms with Gasteiger partial charge in [-0.3, -0.25) is 0 Å². The summed E-state index contributed by atoms with van der Waals surface area (Å²) in [5.41, 5.74) is 4.35. The molecule has 5 rings (SSSR count). The Balaban J connectivity index is 1.49. The molecule has 2 aromatic carbocycles. The average molecular weight is 466 g/mol. The van der Waals surface area contributed by atoms with Crippen LogP contribution in [-0.4, -0.2) is 35.7 Å². The summed E-state index contributed by atoms with van der Waals surface area (Å²) >= 11 is 0. The number of aromatic nitrogens is 2. The Kier molecular flexibility index (Phi) is 5.64. The van der Waals surface area contributed by atoms with Crippen LogP contribution in [0.25, 0.3) is 11.3 Å². The number of hydrogen-bond acceptors (Lipinski definition) is 6. The van der Waals surface area contributed by atoms with E-state index in [0.717, 1.165) is 25.0 Å². The zero-order valence-corrected chi connectivity index (χ0v) is 19.9. The third-order valence-corrected chi connectivity index (χ3v) is 6.53. The Labute approximate surface area is 198 Å². The summed E-state index contributed by atoms with van der Waals surface area (Å²) in [6.45, 7) is 11.2. The molecule has 34 heavy (non-hydrogen) atoms. The molecular formula is C26H29F2N5O. The molecule has 0 spiro atoms. The van der Waals surface area contributed by atoms with Gasteiger partial charge in [0, 0.05) is 35.8 Å². The van der Waals surface area contributed by atoms with Crippen LogP contribution in [0, 0.1) is 11.6 Å². The van der Waals surface area contributed by atoms with Crippen molar-refractivity contribution in [2.24, 2.45) is 0 Å². The minimum Gasteiger partial charge on any atom is -0.486 e. The van der Waals surface area contributed by atoms with Crippen molar-refractivity contribution in [1.82, 2.24) is 15.3 Å². The molecule has 0 atom stereocenters. The molecule has 3 heterocycles. The second-order valence-electron chi connectivity index (χ2n) is 9.82. The maximum absolute atomic E-state index is 14.9. The van der Waals surface area contributed by atoms with Gasteiger partial charge in [-0.1, -0.05) is 19.9 Å². The fourth-order valence-electron chi connectivity index (χ4n) is 4.82. The summed E-state index contributed by atoms with van der Waals surface area (Å²) in [6, 6.07) is 9.31. The smallest absolute Gasteiger partial charge is 0.227 e. The van der Waals surface area contributed by atoms with Crippen LogP contribution in [0.3, 0.4) is 0 Å². The van der Waals surface area contributed by atoms with Crippen molar-refractivity contribution in [1.29, 1.82) is 0 Å². The highest BCUT2D eigenvalue weighted by Crippen LogP contribution is 2.39. The summed E-state index contributed by atoms with van der Waals surface area (Å²) in [7, 11) is 0. The molecule has 178 valence electrons. The van der Waals surface area contributed by atoms with E-state index in [1.807, 2.05) is 24.8 Å². The fraction of sp³-hybridized carbons (Fsp3) is 0.385. The first kappa shape index (κ1) is 22.5. The highest BCUT2D eigenvalue weighted by atomic mass is 19.1. The average Bonchev–Trinajstić information content (AvgIpc) is 2.79. The van der Waals surface area contributed by atoms with Gasteiger partial charge in [0.2, 0.25) is 5.95 Å². The van der Waals surface area contributed by atoms with Gasteiger partial charge in [0.05, 0.1) is 18.4 Å². The van der Waals surface area contributed by atoms with E-state index < -0.39 is 11.6 Å². The van der Waals surface area contributed by atoms with E-state index in [-0.39, 0.29) is 28.8 Å². The molecular weight excluding hydrogens is 436 g/mol. The lowest BCUT2D eigenvalue weighted by Crippen LogP contribution is -2.38. The number of nitrogens with zero attached hydrogens (tertiary/aromatic N) is 3. The largest absolute Gasteiger partial charge is 0.486 e. The van der Waals surface area contributed by atoms with Crippen LogP contribution < -0.4 is 20.3 Å². The number of ether oxygens (including phenoxy) is 1. The SMILES string of the molecule is CC(C)N1CCOc2c(F)cc(-c3nc(Nc4ccc5c(c4)CNCC5(C)C)ncc3F)cc21. The summed E-state index contributed by atoms with van der Waals surface area (Å²) in [6.07, 6.45) is 1.11. The molecule has 1 aromatic heterocycles. The minimum absolute atomic E-state index is 0.0363. The quantitative estimate of drug-likeness (QED) is 0.556. The van der Waals surface area contributed by atoms with Crippen molar-refractivity contribution in [3.05, 3.63) is 59.3 Å². The van der Waals surface area contributed by atoms with E-state index in [9.17, 15) is 8.78 Å². The maximum Gasteiger partial charge on any atom is 0.227 e. The van der Waals surface area contributed by atoms with Gasteiger partial charge in [-0.25, -0.2) is 18.7 Å². The van der Waals surface area contributed by atoms with E-state index in [0.29, 0.717) is 24.4 Å². The number of nitrogens with one attached hydrogen (secondary N) is 2. The van der Waals surface area contributed by atoms with Crippen LogP contribution in [0.15, 0.2) is 36.5 Å². The first-order valence-corrected chi connectivity index (χ1v) is 11.6. The lowest BCUT2D eigenvalue weighted by Gasteiger charge is -2.34. The first-order valence-electron chi connectivity index (χ1n) is 11.6. The third kappa shape index (κ3) is 4.07. The summed E-state index contributed by atoms with van der Waals surface area (Å²) in [4.78, 5) is 10.6. The molecule has 6 nitrogen and oxygen atoms in total. The highest BCUT2D eigenvalue weighted by molar-refractivity contribution is 5.73. The first-order chi connectivity index (χ1) is 16.2. The van der Waals surface area contributed by atoms with Gasteiger partial charge in [0.15, 0.2) is 17.4 Å². The van der Waals surface area contributed by atoms with E-state index in [2.05, 4.69) is 46.6 Å². The zero-order valence-electron chi connectivity index (χ0n) is 19.9. The van der Waals surface area contributed by atoms with E-state index >= 15 is 0 Å². The van der Waals surface area contributed by atoms with Gasteiger partial charge in [-0.2, -0.15) is 0 Å². The Bertz CT molecular complexity index is 1240. The number of benzene rings is 2. The number of fused-ring (bicyclic) bond motifs is 2. The number of halogens is 2. The standard InChI is InChI=1S/C26H29F2N5O/c1-15(2)33-7-8-34-24-20(27)10-16(11-22(24)33)23-21(28)13-30-25(32-23)31-18-5-6-19-17(9-18)12-29-14-26(19,3)4/h5-6,9-11,13,15,29H,7-8,12,14H2,1-4H3,(H,30,31,32). The summed E-state index contributed by atoms with van der Waals surface area (Å²) in [5, 5.41) is 6.62. The fourth-order valence-corrected chi connectivity index (χ4v) is 4.82. The third-order valence-electron chi connectivity index (χ3n) is 6.53. The van der Waals surface area contributed by atoms with Crippen molar-refractivity contribution < 1.29 is 13.5 Å². The predicted octanol–water partition coefficient (Wildman–Crippen LogP) is 5.15. The van der Waals surface area contributed by atoms with Crippen molar-refractivity contribution in [2.75, 3.05) is 29.9 Å². The monoisotopic (exact) mass is 465 g/mol.